The van der Waals surface area contributed by atoms with E-state index in [9.17, 15) is 8.78 Å². The van der Waals surface area contributed by atoms with Gasteiger partial charge in [0, 0.05) is 44.6 Å². The van der Waals surface area contributed by atoms with Crippen LogP contribution in [0.2, 0.25) is 0 Å². The number of nitrogens with zero attached hydrogens (tertiary/aromatic N) is 5. The average molecular weight is 527 g/mol. The zero-order chi connectivity index (χ0) is 20.2. The van der Waals surface area contributed by atoms with E-state index < -0.39 is 11.6 Å². The Hall–Kier alpha value is -2.50. The molecule has 30 heavy (non-hydrogen) atoms. The van der Waals surface area contributed by atoms with Crippen LogP contribution in [-0.2, 0) is 6.54 Å². The number of anilines is 1. The van der Waals surface area contributed by atoms with Crippen molar-refractivity contribution in [3.8, 4) is 0 Å². The Kier molecular flexibility index (Phi) is 7.40. The van der Waals surface area contributed by atoms with E-state index in [-0.39, 0.29) is 24.0 Å². The molecule has 0 spiro atoms. The van der Waals surface area contributed by atoms with Crippen LogP contribution in [0.5, 0.6) is 0 Å². The molecule has 1 fully saturated rings. The van der Waals surface area contributed by atoms with Gasteiger partial charge in [-0.1, -0.05) is 6.07 Å². The lowest BCUT2D eigenvalue weighted by Gasteiger charge is -2.19. The molecule has 1 aliphatic heterocycles. The number of hydrogen-bond donors (Lipinski definition) is 2. The van der Waals surface area contributed by atoms with Gasteiger partial charge in [-0.15, -0.1) is 34.2 Å². The van der Waals surface area contributed by atoms with E-state index in [0.29, 0.717) is 24.1 Å². The Morgan fingerprint density at radius 3 is 2.83 bits per heavy atom. The molecule has 2 N–H and O–H groups in total. The molecule has 160 valence electrons. The number of hydrogen-bond acceptors (Lipinski definition) is 4. The number of nitrogens with one attached hydrogen (secondary N) is 2. The number of halogens is 3. The SMILES string of the molecule is CN=C(NCc1nnc2ccccn12)NCC1CCN(c2ccc(F)c(F)c2)C1.I. The van der Waals surface area contributed by atoms with E-state index in [2.05, 4.69) is 30.7 Å². The fourth-order valence-electron chi connectivity index (χ4n) is 3.55. The molecule has 1 aliphatic rings. The minimum Gasteiger partial charge on any atom is -0.371 e. The highest BCUT2D eigenvalue weighted by Crippen LogP contribution is 2.24. The van der Waals surface area contributed by atoms with Gasteiger partial charge in [0.2, 0.25) is 0 Å². The second kappa shape index (κ2) is 10.0. The first kappa shape index (κ1) is 22.2. The molecule has 0 saturated carbocycles. The van der Waals surface area contributed by atoms with Gasteiger partial charge in [-0.3, -0.25) is 9.39 Å². The van der Waals surface area contributed by atoms with Crippen LogP contribution in [0.15, 0.2) is 47.6 Å². The van der Waals surface area contributed by atoms with Crippen molar-refractivity contribution < 1.29 is 8.78 Å². The van der Waals surface area contributed by atoms with Gasteiger partial charge in [-0.2, -0.15) is 0 Å². The number of guanidine groups is 1. The molecule has 1 aromatic carbocycles. The number of aromatic nitrogens is 3. The molecule has 1 unspecified atom stereocenters. The fraction of sp³-hybridized carbons (Fsp3) is 0.350. The summed E-state index contributed by atoms with van der Waals surface area (Å²) >= 11 is 0. The van der Waals surface area contributed by atoms with Crippen molar-refractivity contribution in [2.24, 2.45) is 10.9 Å². The molecule has 1 atom stereocenters. The van der Waals surface area contributed by atoms with Crippen molar-refractivity contribution >= 4 is 41.3 Å². The maximum atomic E-state index is 13.5. The van der Waals surface area contributed by atoms with Crippen LogP contribution in [0, 0.1) is 17.6 Å². The highest BCUT2D eigenvalue weighted by molar-refractivity contribution is 14.0. The molecule has 3 heterocycles. The summed E-state index contributed by atoms with van der Waals surface area (Å²) in [4.78, 5) is 6.34. The molecule has 0 bridgehead atoms. The smallest absolute Gasteiger partial charge is 0.191 e. The Labute approximate surface area is 190 Å². The van der Waals surface area contributed by atoms with Crippen LogP contribution in [0.3, 0.4) is 0 Å². The maximum absolute atomic E-state index is 13.5. The summed E-state index contributed by atoms with van der Waals surface area (Å²) in [7, 11) is 1.72. The average Bonchev–Trinajstić information content (AvgIpc) is 3.37. The Morgan fingerprint density at radius 1 is 1.17 bits per heavy atom. The second-order valence-electron chi connectivity index (χ2n) is 7.05. The largest absolute Gasteiger partial charge is 0.371 e. The van der Waals surface area contributed by atoms with Gasteiger partial charge in [-0.25, -0.2) is 8.78 Å². The first-order valence-electron chi connectivity index (χ1n) is 9.57. The van der Waals surface area contributed by atoms with Gasteiger partial charge in [0.1, 0.15) is 0 Å². The highest BCUT2D eigenvalue weighted by atomic mass is 127. The minimum absolute atomic E-state index is 0. The van der Waals surface area contributed by atoms with E-state index in [1.807, 2.05) is 28.8 Å². The summed E-state index contributed by atoms with van der Waals surface area (Å²) in [5.74, 6) is 0.240. The third-order valence-corrected chi connectivity index (χ3v) is 5.13. The molecule has 0 aliphatic carbocycles. The molecule has 10 heteroatoms. The third-order valence-electron chi connectivity index (χ3n) is 5.13. The number of rotatable bonds is 5. The Balaban J connectivity index is 0.00000256. The number of fused-ring (bicyclic) bond motifs is 1. The molecular formula is C20H24F2IN7. The number of aliphatic imine (C=N–C) groups is 1. The predicted molar refractivity (Wildman–Crippen MR) is 123 cm³/mol. The number of benzene rings is 1. The van der Waals surface area contributed by atoms with Gasteiger partial charge in [0.25, 0.3) is 0 Å². The lowest BCUT2D eigenvalue weighted by Crippen LogP contribution is -2.40. The van der Waals surface area contributed by atoms with Crippen molar-refractivity contribution in [2.75, 3.05) is 31.6 Å². The van der Waals surface area contributed by atoms with Gasteiger partial charge in [0.05, 0.1) is 6.54 Å². The maximum Gasteiger partial charge on any atom is 0.191 e. The summed E-state index contributed by atoms with van der Waals surface area (Å²) in [6, 6.07) is 9.82. The van der Waals surface area contributed by atoms with Crippen LogP contribution in [-0.4, -0.2) is 47.2 Å². The summed E-state index contributed by atoms with van der Waals surface area (Å²) in [5, 5.41) is 14.9. The highest BCUT2D eigenvalue weighted by Gasteiger charge is 2.23. The molecule has 3 aromatic rings. The first-order chi connectivity index (χ1) is 14.1. The Morgan fingerprint density at radius 2 is 2.03 bits per heavy atom. The van der Waals surface area contributed by atoms with Crippen LogP contribution in [0.1, 0.15) is 12.2 Å². The van der Waals surface area contributed by atoms with Gasteiger partial charge in [0.15, 0.2) is 29.1 Å². The molecule has 1 saturated heterocycles. The molecule has 0 amide bonds. The zero-order valence-corrected chi connectivity index (χ0v) is 18.9. The molecule has 2 aromatic heterocycles. The Bertz CT molecular complexity index is 1020. The van der Waals surface area contributed by atoms with Crippen molar-refractivity contribution in [1.82, 2.24) is 25.2 Å². The first-order valence-corrected chi connectivity index (χ1v) is 9.57. The standard InChI is InChI=1S/C20H23F2N7.HI/c1-23-20(25-12-19-27-26-18-4-2-3-8-29(18)19)24-11-14-7-9-28(13-14)15-5-6-16(21)17(22)10-15;/h2-6,8,10,14H,7,9,11-13H2,1H3,(H2,23,24,25);1H. The lowest BCUT2D eigenvalue weighted by molar-refractivity contribution is 0.508. The fourth-order valence-corrected chi connectivity index (χ4v) is 3.55. The molecule has 7 nitrogen and oxygen atoms in total. The predicted octanol–water partition coefficient (Wildman–Crippen LogP) is 2.82. The summed E-state index contributed by atoms with van der Waals surface area (Å²) in [6.45, 7) is 2.83. The van der Waals surface area contributed by atoms with Crippen LogP contribution >= 0.6 is 24.0 Å². The monoisotopic (exact) mass is 527 g/mol. The van der Waals surface area contributed by atoms with Gasteiger partial charge >= 0.3 is 0 Å². The van der Waals surface area contributed by atoms with E-state index in [1.54, 1.807) is 13.1 Å². The van der Waals surface area contributed by atoms with Gasteiger partial charge < -0.3 is 15.5 Å². The normalized spacial score (nSPS) is 16.6. The van der Waals surface area contributed by atoms with E-state index in [4.69, 9.17) is 0 Å². The van der Waals surface area contributed by atoms with Crippen LogP contribution < -0.4 is 15.5 Å². The molecule has 4 rings (SSSR count). The van der Waals surface area contributed by atoms with Crippen molar-refractivity contribution in [3.63, 3.8) is 0 Å². The quantitative estimate of drug-likeness (QED) is 0.304. The van der Waals surface area contributed by atoms with E-state index in [0.717, 1.165) is 37.5 Å². The second-order valence-corrected chi connectivity index (χ2v) is 7.05. The van der Waals surface area contributed by atoms with E-state index in [1.165, 1.54) is 12.1 Å². The minimum atomic E-state index is -0.818. The summed E-state index contributed by atoms with van der Waals surface area (Å²) in [5.41, 5.74) is 1.52. The van der Waals surface area contributed by atoms with Crippen molar-refractivity contribution in [2.45, 2.75) is 13.0 Å². The zero-order valence-electron chi connectivity index (χ0n) is 16.6. The summed E-state index contributed by atoms with van der Waals surface area (Å²) < 4.78 is 28.5. The number of pyridine rings is 1. The molecular weight excluding hydrogens is 503 g/mol. The van der Waals surface area contributed by atoms with Crippen LogP contribution in [0.25, 0.3) is 5.65 Å². The van der Waals surface area contributed by atoms with Crippen molar-refractivity contribution in [1.29, 1.82) is 0 Å². The van der Waals surface area contributed by atoms with Crippen LogP contribution in [0.4, 0.5) is 14.5 Å². The third kappa shape index (κ3) is 4.97. The van der Waals surface area contributed by atoms with E-state index >= 15 is 0 Å². The summed E-state index contributed by atoms with van der Waals surface area (Å²) in [6.07, 6.45) is 2.89. The molecule has 0 radical (unpaired) electrons. The topological polar surface area (TPSA) is 69.8 Å². The van der Waals surface area contributed by atoms with Crippen molar-refractivity contribution in [3.05, 3.63) is 60.1 Å². The van der Waals surface area contributed by atoms with Gasteiger partial charge in [-0.05, 0) is 36.6 Å². The lowest BCUT2D eigenvalue weighted by atomic mass is 10.1.